The molecule has 0 N–H and O–H groups in total. The third-order valence-electron chi connectivity index (χ3n) is 6.20. The molecule has 4 heteroatoms. The number of benzene rings is 1. The highest BCUT2D eigenvalue weighted by molar-refractivity contribution is 5.81. The molecule has 0 spiro atoms. The van der Waals surface area contributed by atoms with Gasteiger partial charge in [0.1, 0.15) is 0 Å². The Morgan fingerprint density at radius 3 is 2.63 bits per heavy atom. The molecular formula is C23H31NO3. The third kappa shape index (κ3) is 3.67. The maximum atomic E-state index is 13.1. The number of hydrogen-bond donors (Lipinski definition) is 0. The van der Waals surface area contributed by atoms with E-state index in [1.165, 1.54) is 0 Å². The summed E-state index contributed by atoms with van der Waals surface area (Å²) in [4.78, 5) is 28.0. The number of carbonyl (C=O) groups excluding carboxylic acids is 2. The van der Waals surface area contributed by atoms with Crippen molar-refractivity contribution in [3.05, 3.63) is 48.0 Å². The summed E-state index contributed by atoms with van der Waals surface area (Å²) in [6.07, 6.45) is 5.35. The predicted molar refractivity (Wildman–Crippen MR) is 106 cm³/mol. The minimum Gasteiger partial charge on any atom is -0.466 e. The van der Waals surface area contributed by atoms with Crippen LogP contribution in [-0.4, -0.2) is 29.4 Å². The van der Waals surface area contributed by atoms with E-state index in [1.54, 1.807) is 0 Å². The summed E-state index contributed by atoms with van der Waals surface area (Å²) in [5.74, 6) is 0.467. The van der Waals surface area contributed by atoms with E-state index in [1.807, 2.05) is 36.9 Å². The molecule has 0 saturated carbocycles. The normalized spacial score (nSPS) is 30.3. The summed E-state index contributed by atoms with van der Waals surface area (Å²) < 4.78 is 5.47. The molecule has 0 radical (unpaired) electrons. The van der Waals surface area contributed by atoms with Gasteiger partial charge in [0.25, 0.3) is 0 Å². The number of nitrogens with zero attached hydrogens (tertiary/aromatic N) is 1. The number of rotatable bonds is 5. The number of hydrogen-bond acceptors (Lipinski definition) is 3. The Kier molecular flexibility index (Phi) is 5.73. The first kappa shape index (κ1) is 19.7. The van der Waals surface area contributed by atoms with E-state index >= 15 is 0 Å². The van der Waals surface area contributed by atoms with Crippen molar-refractivity contribution in [2.45, 2.75) is 53.1 Å². The van der Waals surface area contributed by atoms with Crippen LogP contribution < -0.4 is 0 Å². The molecular weight excluding hydrogens is 338 g/mol. The average molecular weight is 370 g/mol. The van der Waals surface area contributed by atoms with Gasteiger partial charge in [-0.3, -0.25) is 9.59 Å². The summed E-state index contributed by atoms with van der Waals surface area (Å²) in [7, 11) is 0. The zero-order valence-corrected chi connectivity index (χ0v) is 16.9. The summed E-state index contributed by atoms with van der Waals surface area (Å²) in [6.45, 7) is 9.16. The number of fused-ring (bicyclic) bond motifs is 1. The monoisotopic (exact) mass is 369 g/mol. The lowest BCUT2D eigenvalue weighted by Gasteiger charge is -2.53. The first-order chi connectivity index (χ1) is 12.9. The highest BCUT2D eigenvalue weighted by Crippen LogP contribution is 2.50. The minimum absolute atomic E-state index is 0.0100. The van der Waals surface area contributed by atoms with Crippen molar-refractivity contribution >= 4 is 11.9 Å². The Bertz CT molecular complexity index is 712. The van der Waals surface area contributed by atoms with Crippen LogP contribution in [0.25, 0.3) is 0 Å². The van der Waals surface area contributed by atoms with Crippen LogP contribution in [-0.2, 0) is 20.9 Å². The molecule has 0 aromatic heterocycles. The van der Waals surface area contributed by atoms with Gasteiger partial charge in [0.2, 0.25) is 5.91 Å². The highest BCUT2D eigenvalue weighted by Gasteiger charge is 2.55. The average Bonchev–Trinajstić information content (AvgIpc) is 2.63. The molecule has 0 bridgehead atoms. The first-order valence-electron chi connectivity index (χ1n) is 10.1. The maximum Gasteiger partial charge on any atom is 0.312 e. The van der Waals surface area contributed by atoms with Gasteiger partial charge < -0.3 is 9.64 Å². The van der Waals surface area contributed by atoms with Gasteiger partial charge in [-0.1, -0.05) is 56.3 Å². The van der Waals surface area contributed by atoms with Crippen molar-refractivity contribution < 1.29 is 14.3 Å². The van der Waals surface area contributed by atoms with Crippen molar-refractivity contribution in [3.63, 3.8) is 0 Å². The Morgan fingerprint density at radius 2 is 2.00 bits per heavy atom. The molecule has 1 aromatic rings. The summed E-state index contributed by atoms with van der Waals surface area (Å²) in [5, 5.41) is 0. The van der Waals surface area contributed by atoms with Crippen LogP contribution in [0.3, 0.4) is 0 Å². The number of carbonyl (C=O) groups is 2. The zero-order valence-electron chi connectivity index (χ0n) is 16.9. The summed E-state index contributed by atoms with van der Waals surface area (Å²) >= 11 is 0. The molecule has 1 fully saturated rings. The molecule has 1 heterocycles. The van der Waals surface area contributed by atoms with Gasteiger partial charge >= 0.3 is 5.97 Å². The first-order valence-corrected chi connectivity index (χ1v) is 10.1. The van der Waals surface area contributed by atoms with E-state index < -0.39 is 5.41 Å². The quantitative estimate of drug-likeness (QED) is 0.577. The Labute approximate surface area is 162 Å². The Morgan fingerprint density at radius 1 is 1.30 bits per heavy atom. The fourth-order valence-electron chi connectivity index (χ4n) is 4.98. The molecule has 0 unspecified atom stereocenters. The van der Waals surface area contributed by atoms with Crippen LogP contribution in [0.5, 0.6) is 0 Å². The number of amides is 1. The number of piperidine rings is 1. The summed E-state index contributed by atoms with van der Waals surface area (Å²) in [6, 6.07) is 10.1. The topological polar surface area (TPSA) is 46.6 Å². The van der Waals surface area contributed by atoms with Gasteiger partial charge in [-0.2, -0.15) is 0 Å². The van der Waals surface area contributed by atoms with E-state index in [2.05, 4.69) is 38.1 Å². The van der Waals surface area contributed by atoms with Gasteiger partial charge in [0.15, 0.2) is 0 Å². The van der Waals surface area contributed by atoms with Crippen LogP contribution >= 0.6 is 0 Å². The highest BCUT2D eigenvalue weighted by atomic mass is 16.5. The van der Waals surface area contributed by atoms with Gasteiger partial charge in [0, 0.05) is 24.9 Å². The number of ether oxygens (including phenoxy) is 1. The largest absolute Gasteiger partial charge is 0.466 e. The molecule has 27 heavy (non-hydrogen) atoms. The lowest BCUT2D eigenvalue weighted by Crippen LogP contribution is -2.60. The zero-order chi connectivity index (χ0) is 19.6. The molecule has 4 nitrogen and oxygen atoms in total. The molecule has 2 aliphatic rings. The molecule has 1 aliphatic heterocycles. The van der Waals surface area contributed by atoms with Gasteiger partial charge in [0.05, 0.1) is 12.0 Å². The smallest absolute Gasteiger partial charge is 0.312 e. The van der Waals surface area contributed by atoms with E-state index in [4.69, 9.17) is 4.74 Å². The van der Waals surface area contributed by atoms with E-state index in [9.17, 15) is 9.59 Å². The maximum absolute atomic E-state index is 13.1. The van der Waals surface area contributed by atoms with E-state index in [0.29, 0.717) is 26.0 Å². The molecule has 1 aromatic carbocycles. The van der Waals surface area contributed by atoms with Crippen molar-refractivity contribution in [2.75, 3.05) is 6.61 Å². The number of allylic oxidation sites excluding steroid dienone is 2. The van der Waals surface area contributed by atoms with Crippen LogP contribution in [0, 0.1) is 23.2 Å². The Balaban J connectivity index is 1.99. The van der Waals surface area contributed by atoms with E-state index in [0.717, 1.165) is 5.56 Å². The lowest BCUT2D eigenvalue weighted by atomic mass is 9.58. The van der Waals surface area contributed by atoms with Crippen molar-refractivity contribution in [3.8, 4) is 0 Å². The third-order valence-corrected chi connectivity index (χ3v) is 6.20. The molecule has 1 saturated heterocycles. The van der Waals surface area contributed by atoms with Crippen LogP contribution in [0.15, 0.2) is 42.5 Å². The van der Waals surface area contributed by atoms with Crippen LogP contribution in [0.4, 0.5) is 0 Å². The number of esters is 1. The van der Waals surface area contributed by atoms with Crippen molar-refractivity contribution in [2.24, 2.45) is 23.2 Å². The second-order valence-corrected chi connectivity index (χ2v) is 8.41. The molecule has 146 valence electrons. The van der Waals surface area contributed by atoms with Crippen LogP contribution in [0.2, 0.25) is 0 Å². The van der Waals surface area contributed by atoms with E-state index in [-0.39, 0.29) is 35.7 Å². The van der Waals surface area contributed by atoms with Gasteiger partial charge in [-0.15, -0.1) is 0 Å². The Hall–Kier alpha value is -2.10. The second kappa shape index (κ2) is 7.87. The SMILES string of the molecule is CCOC(=O)[C@@]1(C)CC=C[C@@H]2CC(=O)N(Cc3ccccc3)[C@@H](C(C)C)[C@@H]21. The fourth-order valence-corrected chi connectivity index (χ4v) is 4.98. The van der Waals surface area contributed by atoms with Crippen LogP contribution in [0.1, 0.15) is 46.1 Å². The fraction of sp³-hybridized carbons (Fsp3) is 0.565. The molecule has 1 aliphatic carbocycles. The molecule has 4 atom stereocenters. The second-order valence-electron chi connectivity index (χ2n) is 8.41. The predicted octanol–water partition coefficient (Wildman–Crippen LogP) is 4.21. The van der Waals surface area contributed by atoms with Gasteiger partial charge in [-0.05, 0) is 37.7 Å². The van der Waals surface area contributed by atoms with Crippen molar-refractivity contribution in [1.82, 2.24) is 4.90 Å². The molecule has 3 rings (SSSR count). The minimum atomic E-state index is -0.597. The standard InChI is InChI=1S/C23H31NO3/c1-5-27-22(26)23(4)13-9-12-18-14-19(25)24(21(16(2)3)20(18)23)15-17-10-7-6-8-11-17/h6-12,16,18,20-21H,5,13-15H2,1-4H3/t18-,20-,21+,23+/m1/s1. The van der Waals surface area contributed by atoms with Gasteiger partial charge in [-0.25, -0.2) is 0 Å². The van der Waals surface area contributed by atoms with Crippen molar-refractivity contribution in [1.29, 1.82) is 0 Å². The summed E-state index contributed by atoms with van der Waals surface area (Å²) in [5.41, 5.74) is 0.527. The lowest BCUT2D eigenvalue weighted by molar-refractivity contribution is -0.170. The molecule has 1 amide bonds. The number of likely N-dealkylation sites (tertiary alicyclic amines) is 1.